The second-order valence-electron chi connectivity index (χ2n) is 4.49. The molecule has 0 bridgehead atoms. The predicted molar refractivity (Wildman–Crippen MR) is 76.1 cm³/mol. The van der Waals surface area contributed by atoms with Gasteiger partial charge in [-0.15, -0.1) is 11.8 Å². The molecule has 1 aliphatic heterocycles. The third-order valence-corrected chi connectivity index (χ3v) is 4.21. The first kappa shape index (κ1) is 13.6. The maximum Gasteiger partial charge on any atom is 0.139 e. The number of thioether (sulfide) groups is 1. The van der Waals surface area contributed by atoms with Crippen LogP contribution in [0.25, 0.3) is 0 Å². The highest BCUT2D eigenvalue weighted by Crippen LogP contribution is 2.39. The van der Waals surface area contributed by atoms with E-state index < -0.39 is 0 Å². The van der Waals surface area contributed by atoms with Crippen molar-refractivity contribution in [2.45, 2.75) is 30.2 Å². The maximum absolute atomic E-state index is 5.59. The van der Waals surface area contributed by atoms with Crippen LogP contribution in [0.3, 0.4) is 0 Å². The Hall–Kier alpha value is -0.870. The monoisotopic (exact) mass is 267 g/mol. The smallest absolute Gasteiger partial charge is 0.139 e. The number of nitrogens with one attached hydrogen (secondary N) is 1. The van der Waals surface area contributed by atoms with Gasteiger partial charge in [-0.05, 0) is 43.7 Å². The molecular formula is C14H21NO2S. The molecule has 0 saturated carbocycles. The van der Waals surface area contributed by atoms with E-state index in [4.69, 9.17) is 9.47 Å². The zero-order valence-corrected chi connectivity index (χ0v) is 12.1. The molecule has 1 saturated heterocycles. The van der Waals surface area contributed by atoms with Crippen LogP contribution in [0.15, 0.2) is 17.0 Å². The Morgan fingerprint density at radius 3 is 2.72 bits per heavy atom. The summed E-state index contributed by atoms with van der Waals surface area (Å²) >= 11 is 1.67. The highest BCUT2D eigenvalue weighted by atomic mass is 32.2. The van der Waals surface area contributed by atoms with Crippen LogP contribution in [0.1, 0.15) is 18.4 Å². The number of hydrogen-bond acceptors (Lipinski definition) is 4. The van der Waals surface area contributed by atoms with Gasteiger partial charge in [-0.25, -0.2) is 0 Å². The lowest BCUT2D eigenvalue weighted by Crippen LogP contribution is -2.23. The molecule has 2 rings (SSSR count). The van der Waals surface area contributed by atoms with E-state index >= 15 is 0 Å². The van der Waals surface area contributed by atoms with Gasteiger partial charge in [-0.2, -0.15) is 0 Å². The second kappa shape index (κ2) is 6.34. The molecular weight excluding hydrogens is 246 g/mol. The minimum atomic E-state index is 0.585. The van der Waals surface area contributed by atoms with Crippen molar-refractivity contribution >= 4 is 11.8 Å². The number of benzene rings is 1. The molecule has 0 radical (unpaired) electrons. The minimum Gasteiger partial charge on any atom is -0.495 e. The standard InChI is InChI=1S/C14H21NO2S/c1-16-12-7-6-10(9-11-5-4-8-15-11)13(17-2)14(12)18-3/h6-7,11,15H,4-5,8-9H2,1-3H3. The van der Waals surface area contributed by atoms with Crippen LogP contribution in [0.5, 0.6) is 11.5 Å². The van der Waals surface area contributed by atoms with E-state index in [0.717, 1.165) is 29.4 Å². The van der Waals surface area contributed by atoms with Gasteiger partial charge in [0.2, 0.25) is 0 Å². The van der Waals surface area contributed by atoms with Gasteiger partial charge in [0.25, 0.3) is 0 Å². The van der Waals surface area contributed by atoms with Crippen LogP contribution < -0.4 is 14.8 Å². The van der Waals surface area contributed by atoms with E-state index in [9.17, 15) is 0 Å². The number of rotatable bonds is 5. The summed E-state index contributed by atoms with van der Waals surface area (Å²) in [7, 11) is 3.44. The molecule has 1 N–H and O–H groups in total. The predicted octanol–water partition coefficient (Wildman–Crippen LogP) is 2.72. The molecule has 1 aromatic rings. The maximum atomic E-state index is 5.59. The highest BCUT2D eigenvalue weighted by molar-refractivity contribution is 7.98. The Kier molecular flexibility index (Phi) is 4.78. The van der Waals surface area contributed by atoms with Crippen molar-refractivity contribution in [3.05, 3.63) is 17.7 Å². The van der Waals surface area contributed by atoms with Crippen molar-refractivity contribution < 1.29 is 9.47 Å². The third kappa shape index (κ3) is 2.75. The Morgan fingerprint density at radius 1 is 1.33 bits per heavy atom. The molecule has 0 aliphatic carbocycles. The van der Waals surface area contributed by atoms with Crippen molar-refractivity contribution in [3.63, 3.8) is 0 Å². The first-order chi connectivity index (χ1) is 8.80. The first-order valence-corrected chi connectivity index (χ1v) is 7.53. The molecule has 0 aromatic heterocycles. The summed E-state index contributed by atoms with van der Waals surface area (Å²) in [4.78, 5) is 1.09. The van der Waals surface area contributed by atoms with Crippen LogP contribution in [-0.4, -0.2) is 33.1 Å². The van der Waals surface area contributed by atoms with Gasteiger partial charge in [0.05, 0.1) is 19.1 Å². The van der Waals surface area contributed by atoms with Gasteiger partial charge < -0.3 is 14.8 Å². The van der Waals surface area contributed by atoms with Gasteiger partial charge in [0.15, 0.2) is 0 Å². The quantitative estimate of drug-likeness (QED) is 0.831. The summed E-state index contributed by atoms with van der Waals surface area (Å²) in [5, 5.41) is 3.53. The summed E-state index contributed by atoms with van der Waals surface area (Å²) in [6, 6.07) is 4.75. The van der Waals surface area contributed by atoms with Crippen LogP contribution >= 0.6 is 11.8 Å². The average molecular weight is 267 g/mol. The lowest BCUT2D eigenvalue weighted by Gasteiger charge is -2.17. The molecule has 1 aliphatic rings. The topological polar surface area (TPSA) is 30.5 Å². The van der Waals surface area contributed by atoms with Gasteiger partial charge in [0, 0.05) is 6.04 Å². The lowest BCUT2D eigenvalue weighted by atomic mass is 10.0. The van der Waals surface area contributed by atoms with E-state index in [1.165, 1.54) is 18.4 Å². The van der Waals surface area contributed by atoms with Crippen molar-refractivity contribution in [2.24, 2.45) is 0 Å². The Bertz CT molecular complexity index is 403. The largest absolute Gasteiger partial charge is 0.495 e. The Balaban J connectivity index is 2.28. The van der Waals surface area contributed by atoms with E-state index in [-0.39, 0.29) is 0 Å². The average Bonchev–Trinajstić information content (AvgIpc) is 2.90. The van der Waals surface area contributed by atoms with Crippen molar-refractivity contribution in [3.8, 4) is 11.5 Å². The van der Waals surface area contributed by atoms with Crippen molar-refractivity contribution in [2.75, 3.05) is 27.0 Å². The molecule has 0 amide bonds. The summed E-state index contributed by atoms with van der Waals surface area (Å²) in [6.07, 6.45) is 5.61. The minimum absolute atomic E-state index is 0.585. The molecule has 18 heavy (non-hydrogen) atoms. The molecule has 4 heteroatoms. The van der Waals surface area contributed by atoms with Gasteiger partial charge in [0.1, 0.15) is 11.5 Å². The molecule has 1 aromatic carbocycles. The zero-order chi connectivity index (χ0) is 13.0. The van der Waals surface area contributed by atoms with E-state index in [1.807, 2.05) is 6.07 Å². The lowest BCUT2D eigenvalue weighted by molar-refractivity contribution is 0.371. The van der Waals surface area contributed by atoms with Crippen molar-refractivity contribution in [1.82, 2.24) is 5.32 Å². The number of hydrogen-bond donors (Lipinski definition) is 1. The number of ether oxygens (including phenoxy) is 2. The highest BCUT2D eigenvalue weighted by Gasteiger charge is 2.19. The van der Waals surface area contributed by atoms with Crippen LogP contribution in [0, 0.1) is 0 Å². The number of methoxy groups -OCH3 is 2. The van der Waals surface area contributed by atoms with Crippen LogP contribution in [0.4, 0.5) is 0 Å². The molecule has 1 heterocycles. The molecule has 100 valence electrons. The van der Waals surface area contributed by atoms with Gasteiger partial charge in [-0.3, -0.25) is 0 Å². The molecule has 1 fully saturated rings. The van der Waals surface area contributed by atoms with E-state index in [0.29, 0.717) is 6.04 Å². The fourth-order valence-electron chi connectivity index (χ4n) is 2.52. The summed E-state index contributed by atoms with van der Waals surface area (Å²) in [5.74, 6) is 1.86. The summed E-state index contributed by atoms with van der Waals surface area (Å²) in [5.41, 5.74) is 1.27. The Labute approximate surface area is 113 Å². The molecule has 1 unspecified atom stereocenters. The van der Waals surface area contributed by atoms with Crippen molar-refractivity contribution in [1.29, 1.82) is 0 Å². The SMILES string of the molecule is COc1ccc(CC2CCCN2)c(OC)c1SC. The zero-order valence-electron chi connectivity index (χ0n) is 11.3. The summed E-state index contributed by atoms with van der Waals surface area (Å²) in [6.45, 7) is 1.14. The molecule has 1 atom stereocenters. The fraction of sp³-hybridized carbons (Fsp3) is 0.571. The Morgan fingerprint density at radius 2 is 2.17 bits per heavy atom. The van der Waals surface area contributed by atoms with Crippen LogP contribution in [-0.2, 0) is 6.42 Å². The summed E-state index contributed by atoms with van der Waals surface area (Å²) < 4.78 is 11.0. The van der Waals surface area contributed by atoms with E-state index in [1.54, 1.807) is 26.0 Å². The van der Waals surface area contributed by atoms with Gasteiger partial charge in [-0.1, -0.05) is 6.07 Å². The van der Waals surface area contributed by atoms with Crippen LogP contribution in [0.2, 0.25) is 0 Å². The molecule has 0 spiro atoms. The van der Waals surface area contributed by atoms with Gasteiger partial charge >= 0.3 is 0 Å². The van der Waals surface area contributed by atoms with E-state index in [2.05, 4.69) is 17.6 Å². The first-order valence-electron chi connectivity index (χ1n) is 6.31. The fourth-order valence-corrected chi connectivity index (χ4v) is 3.27. The molecule has 3 nitrogen and oxygen atoms in total. The third-order valence-electron chi connectivity index (χ3n) is 3.41. The normalized spacial score (nSPS) is 18.9. The second-order valence-corrected chi connectivity index (χ2v) is 5.31.